The van der Waals surface area contributed by atoms with Crippen molar-refractivity contribution in [3.63, 3.8) is 0 Å². The average Bonchev–Trinajstić information content (AvgIpc) is 2.52. The van der Waals surface area contributed by atoms with Gasteiger partial charge in [0, 0.05) is 0 Å². The number of fused-ring (bicyclic) bond motifs is 2. The van der Waals surface area contributed by atoms with E-state index in [1.807, 2.05) is 0 Å². The van der Waals surface area contributed by atoms with Crippen molar-refractivity contribution in [2.24, 2.45) is 35.0 Å². The topological polar surface area (TPSA) is 0 Å². The lowest BCUT2D eigenvalue weighted by Gasteiger charge is -2.51. The van der Waals surface area contributed by atoms with Crippen LogP contribution in [0.25, 0.3) is 0 Å². The molecule has 2 rings (SSSR count). The molecule has 0 aliphatic heterocycles. The fourth-order valence-electron chi connectivity index (χ4n) is 5.85. The standard InChI is InChI=1S/C19H36/c1-6-16-9-8-10-19(12-14(3)4)13-18(16)15(5)11-17(19)7-2/h14-18H,6-13H2,1-5H3. The molecule has 2 aliphatic rings. The van der Waals surface area contributed by atoms with Gasteiger partial charge in [-0.3, -0.25) is 0 Å². The van der Waals surface area contributed by atoms with Crippen molar-refractivity contribution in [2.45, 2.75) is 86.0 Å². The Morgan fingerprint density at radius 2 is 1.89 bits per heavy atom. The highest BCUT2D eigenvalue weighted by atomic mass is 14.5. The van der Waals surface area contributed by atoms with Crippen molar-refractivity contribution in [1.29, 1.82) is 0 Å². The van der Waals surface area contributed by atoms with E-state index in [2.05, 4.69) is 34.6 Å². The Morgan fingerprint density at radius 3 is 2.47 bits per heavy atom. The van der Waals surface area contributed by atoms with Gasteiger partial charge in [-0.15, -0.1) is 0 Å². The molecule has 0 amide bonds. The van der Waals surface area contributed by atoms with E-state index >= 15 is 0 Å². The predicted octanol–water partition coefficient (Wildman–Crippen LogP) is 6.30. The molecule has 0 heterocycles. The van der Waals surface area contributed by atoms with Crippen LogP contribution >= 0.6 is 0 Å². The van der Waals surface area contributed by atoms with Crippen LogP contribution in [0.3, 0.4) is 0 Å². The van der Waals surface area contributed by atoms with Gasteiger partial charge in [0.05, 0.1) is 0 Å². The van der Waals surface area contributed by atoms with Crippen molar-refractivity contribution in [1.82, 2.24) is 0 Å². The molecule has 5 atom stereocenters. The lowest BCUT2D eigenvalue weighted by Crippen LogP contribution is -2.41. The molecule has 0 spiro atoms. The summed E-state index contributed by atoms with van der Waals surface area (Å²) < 4.78 is 0. The van der Waals surface area contributed by atoms with Crippen LogP contribution in [0.1, 0.15) is 86.0 Å². The van der Waals surface area contributed by atoms with Gasteiger partial charge in [-0.05, 0) is 60.7 Å². The van der Waals surface area contributed by atoms with Gasteiger partial charge in [-0.25, -0.2) is 0 Å². The summed E-state index contributed by atoms with van der Waals surface area (Å²) in [6, 6.07) is 0. The molecule has 2 saturated carbocycles. The molecular formula is C19H36. The van der Waals surface area contributed by atoms with E-state index in [1.54, 1.807) is 6.42 Å². The Balaban J connectivity index is 2.26. The summed E-state index contributed by atoms with van der Waals surface area (Å²) in [5.41, 5.74) is 0.712. The van der Waals surface area contributed by atoms with E-state index in [1.165, 1.54) is 44.9 Å². The predicted molar refractivity (Wildman–Crippen MR) is 85.2 cm³/mol. The van der Waals surface area contributed by atoms with Crippen molar-refractivity contribution >= 4 is 0 Å². The summed E-state index contributed by atoms with van der Waals surface area (Å²) >= 11 is 0. The van der Waals surface area contributed by atoms with Gasteiger partial charge in [-0.1, -0.05) is 60.3 Å². The first-order chi connectivity index (χ1) is 9.02. The van der Waals surface area contributed by atoms with Crippen LogP contribution in [-0.2, 0) is 0 Å². The fourth-order valence-corrected chi connectivity index (χ4v) is 5.85. The fraction of sp³-hybridized carbons (Fsp3) is 1.00. The summed E-state index contributed by atoms with van der Waals surface area (Å²) in [6.07, 6.45) is 12.0. The molecule has 2 bridgehead atoms. The monoisotopic (exact) mass is 264 g/mol. The van der Waals surface area contributed by atoms with Crippen LogP contribution in [-0.4, -0.2) is 0 Å². The Bertz CT molecular complexity index is 280. The second-order valence-corrected chi connectivity index (χ2v) is 8.21. The quantitative estimate of drug-likeness (QED) is 0.559. The zero-order valence-electron chi connectivity index (χ0n) is 14.0. The highest BCUT2D eigenvalue weighted by molar-refractivity contribution is 4.98. The minimum Gasteiger partial charge on any atom is -0.0651 e. The summed E-state index contributed by atoms with van der Waals surface area (Å²) in [5.74, 6) is 4.93. The van der Waals surface area contributed by atoms with E-state index in [9.17, 15) is 0 Å². The first-order valence-electron chi connectivity index (χ1n) is 9.02. The van der Waals surface area contributed by atoms with Crippen molar-refractivity contribution in [3.8, 4) is 0 Å². The molecule has 0 heteroatoms. The van der Waals surface area contributed by atoms with Gasteiger partial charge in [0.15, 0.2) is 0 Å². The van der Waals surface area contributed by atoms with E-state index in [-0.39, 0.29) is 0 Å². The second-order valence-electron chi connectivity index (χ2n) is 8.21. The van der Waals surface area contributed by atoms with E-state index < -0.39 is 0 Å². The Kier molecular flexibility index (Phi) is 5.01. The molecule has 0 aromatic carbocycles. The zero-order chi connectivity index (χ0) is 14.0. The van der Waals surface area contributed by atoms with Crippen LogP contribution in [0.5, 0.6) is 0 Å². The van der Waals surface area contributed by atoms with Crippen LogP contribution in [0.4, 0.5) is 0 Å². The number of hydrogen-bond donors (Lipinski definition) is 0. The van der Waals surface area contributed by atoms with Gasteiger partial charge < -0.3 is 0 Å². The highest BCUT2D eigenvalue weighted by Gasteiger charge is 2.48. The SMILES string of the molecule is CCC1CCCC2(CC(C)C)CC1C(C)CC2CC. The molecule has 0 saturated heterocycles. The Labute approximate surface area is 121 Å². The molecule has 2 aliphatic carbocycles. The minimum absolute atomic E-state index is 0.712. The highest BCUT2D eigenvalue weighted by Crippen LogP contribution is 2.58. The molecule has 0 N–H and O–H groups in total. The van der Waals surface area contributed by atoms with Crippen molar-refractivity contribution in [2.75, 3.05) is 0 Å². The molecule has 0 radical (unpaired) electrons. The zero-order valence-corrected chi connectivity index (χ0v) is 14.0. The van der Waals surface area contributed by atoms with E-state index in [4.69, 9.17) is 0 Å². The minimum atomic E-state index is 0.712. The van der Waals surface area contributed by atoms with E-state index in [0.29, 0.717) is 5.41 Å². The average molecular weight is 264 g/mol. The third kappa shape index (κ3) is 3.03. The van der Waals surface area contributed by atoms with Gasteiger partial charge in [-0.2, -0.15) is 0 Å². The van der Waals surface area contributed by atoms with Gasteiger partial charge >= 0.3 is 0 Å². The second kappa shape index (κ2) is 6.19. The smallest absolute Gasteiger partial charge is 0.0264 e. The summed E-state index contributed by atoms with van der Waals surface area (Å²) in [7, 11) is 0. The third-order valence-electron chi connectivity index (χ3n) is 6.58. The molecule has 112 valence electrons. The molecule has 2 fully saturated rings. The van der Waals surface area contributed by atoms with E-state index in [0.717, 1.165) is 29.6 Å². The molecule has 0 aromatic heterocycles. The molecule has 5 unspecified atom stereocenters. The van der Waals surface area contributed by atoms with Crippen LogP contribution in [0.15, 0.2) is 0 Å². The van der Waals surface area contributed by atoms with Crippen molar-refractivity contribution < 1.29 is 0 Å². The Hall–Kier alpha value is 0. The van der Waals surface area contributed by atoms with Crippen LogP contribution in [0.2, 0.25) is 0 Å². The summed E-state index contributed by atoms with van der Waals surface area (Å²) in [6.45, 7) is 12.3. The maximum atomic E-state index is 2.56. The first-order valence-corrected chi connectivity index (χ1v) is 9.02. The summed E-state index contributed by atoms with van der Waals surface area (Å²) in [4.78, 5) is 0. The number of hydrogen-bond acceptors (Lipinski definition) is 0. The third-order valence-corrected chi connectivity index (χ3v) is 6.58. The van der Waals surface area contributed by atoms with Crippen LogP contribution in [0, 0.1) is 35.0 Å². The lowest BCUT2D eigenvalue weighted by molar-refractivity contribution is -0.00801. The van der Waals surface area contributed by atoms with Gasteiger partial charge in [0.25, 0.3) is 0 Å². The van der Waals surface area contributed by atoms with Gasteiger partial charge in [0.1, 0.15) is 0 Å². The molecule has 19 heavy (non-hydrogen) atoms. The first kappa shape index (κ1) is 15.4. The maximum absolute atomic E-state index is 2.56. The van der Waals surface area contributed by atoms with Gasteiger partial charge in [0.2, 0.25) is 0 Å². The Morgan fingerprint density at radius 1 is 1.16 bits per heavy atom. The normalized spacial score (nSPS) is 43.3. The lowest BCUT2D eigenvalue weighted by atomic mass is 9.54. The largest absolute Gasteiger partial charge is 0.0651 e. The molecule has 0 aromatic rings. The summed E-state index contributed by atoms with van der Waals surface area (Å²) in [5, 5.41) is 0. The van der Waals surface area contributed by atoms with Crippen LogP contribution < -0.4 is 0 Å². The number of rotatable bonds is 4. The maximum Gasteiger partial charge on any atom is -0.0264 e. The molecule has 0 nitrogen and oxygen atoms in total. The van der Waals surface area contributed by atoms with Crippen molar-refractivity contribution in [3.05, 3.63) is 0 Å². The molecular weight excluding hydrogens is 228 g/mol.